The van der Waals surface area contributed by atoms with E-state index in [1.54, 1.807) is 0 Å². The lowest BCUT2D eigenvalue weighted by Crippen LogP contribution is -2.50. The molecule has 5 heteroatoms. The lowest BCUT2D eigenvalue weighted by Gasteiger charge is -2.36. The molecule has 0 aliphatic carbocycles. The Bertz CT molecular complexity index is 485. The van der Waals surface area contributed by atoms with Gasteiger partial charge in [-0.3, -0.25) is 14.4 Å². The summed E-state index contributed by atoms with van der Waals surface area (Å²) in [6.45, 7) is 14.0. The van der Waals surface area contributed by atoms with Gasteiger partial charge in [0, 0.05) is 44.3 Å². The van der Waals surface area contributed by atoms with Crippen molar-refractivity contribution in [1.82, 2.24) is 19.6 Å². The van der Waals surface area contributed by atoms with Crippen LogP contribution in [0.1, 0.15) is 38.1 Å². The van der Waals surface area contributed by atoms with Crippen LogP contribution in [-0.4, -0.2) is 58.2 Å². The summed E-state index contributed by atoms with van der Waals surface area (Å²) >= 11 is 0. The first-order chi connectivity index (χ1) is 10.5. The van der Waals surface area contributed by atoms with Gasteiger partial charge < -0.3 is 4.90 Å². The van der Waals surface area contributed by atoms with Crippen molar-refractivity contribution in [3.63, 3.8) is 0 Å². The molecule has 1 amide bonds. The average molecular weight is 306 g/mol. The molecule has 0 spiro atoms. The van der Waals surface area contributed by atoms with E-state index in [4.69, 9.17) is 0 Å². The van der Waals surface area contributed by atoms with E-state index in [2.05, 4.69) is 46.4 Å². The molecule has 22 heavy (non-hydrogen) atoms. The highest BCUT2D eigenvalue weighted by Crippen LogP contribution is 2.14. The topological polar surface area (TPSA) is 41.4 Å². The SMILES string of the molecule is CCC(CC)C(=O)N1CCN(CCn2nc(C)cc2C)CC1. The van der Waals surface area contributed by atoms with Crippen LogP contribution in [0.4, 0.5) is 0 Å². The summed E-state index contributed by atoms with van der Waals surface area (Å²) in [6.07, 6.45) is 1.90. The summed E-state index contributed by atoms with van der Waals surface area (Å²) in [4.78, 5) is 16.9. The van der Waals surface area contributed by atoms with E-state index in [1.807, 2.05) is 6.92 Å². The summed E-state index contributed by atoms with van der Waals surface area (Å²) in [6, 6.07) is 2.12. The number of hydrogen-bond acceptors (Lipinski definition) is 3. The fraction of sp³-hybridized carbons (Fsp3) is 0.765. The maximum absolute atomic E-state index is 12.4. The zero-order chi connectivity index (χ0) is 16.1. The number of amides is 1. The van der Waals surface area contributed by atoms with E-state index in [-0.39, 0.29) is 5.92 Å². The minimum Gasteiger partial charge on any atom is -0.340 e. The van der Waals surface area contributed by atoms with Crippen molar-refractivity contribution >= 4 is 5.91 Å². The standard InChI is InChI=1S/C17H30N4O/c1-5-16(6-2)17(22)20-10-7-19(8-11-20)9-12-21-15(4)13-14(3)18-21/h13,16H,5-12H2,1-4H3. The first-order valence-corrected chi connectivity index (χ1v) is 8.57. The summed E-state index contributed by atoms with van der Waals surface area (Å²) in [5.74, 6) is 0.560. The van der Waals surface area contributed by atoms with Gasteiger partial charge in [-0.2, -0.15) is 5.10 Å². The third-order valence-corrected chi connectivity index (χ3v) is 4.75. The Balaban J connectivity index is 1.77. The minimum atomic E-state index is 0.209. The highest BCUT2D eigenvalue weighted by atomic mass is 16.2. The molecule has 2 rings (SSSR count). The molecule has 5 nitrogen and oxygen atoms in total. The summed E-state index contributed by atoms with van der Waals surface area (Å²) in [5.41, 5.74) is 2.30. The second-order valence-electron chi connectivity index (χ2n) is 6.33. The number of carbonyl (C=O) groups excluding carboxylic acids is 1. The Kier molecular flexibility index (Phi) is 6.00. The molecule has 1 aliphatic heterocycles. The van der Waals surface area contributed by atoms with Crippen molar-refractivity contribution in [2.75, 3.05) is 32.7 Å². The zero-order valence-corrected chi connectivity index (χ0v) is 14.5. The van der Waals surface area contributed by atoms with Crippen LogP contribution in [0.3, 0.4) is 0 Å². The Morgan fingerprint density at radius 3 is 2.27 bits per heavy atom. The second-order valence-corrected chi connectivity index (χ2v) is 6.33. The van der Waals surface area contributed by atoms with Crippen LogP contribution in [0.2, 0.25) is 0 Å². The summed E-state index contributed by atoms with van der Waals surface area (Å²) < 4.78 is 2.08. The van der Waals surface area contributed by atoms with E-state index >= 15 is 0 Å². The van der Waals surface area contributed by atoms with E-state index in [1.165, 1.54) is 5.69 Å². The largest absolute Gasteiger partial charge is 0.340 e. The van der Waals surface area contributed by atoms with Gasteiger partial charge in [-0.05, 0) is 32.8 Å². The molecule has 0 unspecified atom stereocenters. The van der Waals surface area contributed by atoms with Gasteiger partial charge in [0.1, 0.15) is 0 Å². The summed E-state index contributed by atoms with van der Waals surface area (Å²) in [5, 5.41) is 4.51. The molecule has 1 fully saturated rings. The van der Waals surface area contributed by atoms with Crippen LogP contribution in [0.5, 0.6) is 0 Å². The van der Waals surface area contributed by atoms with Crippen LogP contribution >= 0.6 is 0 Å². The quantitative estimate of drug-likeness (QED) is 0.808. The van der Waals surface area contributed by atoms with Crippen molar-refractivity contribution in [1.29, 1.82) is 0 Å². The molecule has 1 aromatic heterocycles. The molecule has 1 aliphatic rings. The fourth-order valence-electron chi connectivity index (χ4n) is 3.23. The van der Waals surface area contributed by atoms with E-state index < -0.39 is 0 Å². The molecule has 124 valence electrons. The molecule has 0 N–H and O–H groups in total. The lowest BCUT2D eigenvalue weighted by molar-refractivity contribution is -0.137. The van der Waals surface area contributed by atoms with E-state index in [9.17, 15) is 4.79 Å². The number of aryl methyl sites for hydroxylation is 2. The highest BCUT2D eigenvalue weighted by Gasteiger charge is 2.25. The normalized spacial score (nSPS) is 16.5. The monoisotopic (exact) mass is 306 g/mol. The Morgan fingerprint density at radius 2 is 1.77 bits per heavy atom. The number of aromatic nitrogens is 2. The van der Waals surface area contributed by atoms with E-state index in [0.717, 1.165) is 57.8 Å². The number of piperazine rings is 1. The molecule has 0 bridgehead atoms. The minimum absolute atomic E-state index is 0.209. The van der Waals surface area contributed by atoms with Crippen LogP contribution in [0.25, 0.3) is 0 Å². The van der Waals surface area contributed by atoms with Gasteiger partial charge in [-0.15, -0.1) is 0 Å². The number of nitrogens with zero attached hydrogens (tertiary/aromatic N) is 4. The predicted octanol–water partition coefficient (Wildman–Crippen LogP) is 2.08. The third kappa shape index (κ3) is 4.09. The molecule has 0 saturated carbocycles. The maximum atomic E-state index is 12.4. The van der Waals surface area contributed by atoms with Gasteiger partial charge in [-0.25, -0.2) is 0 Å². The van der Waals surface area contributed by atoms with Crippen molar-refractivity contribution in [3.05, 3.63) is 17.5 Å². The smallest absolute Gasteiger partial charge is 0.225 e. The molecule has 0 radical (unpaired) electrons. The van der Waals surface area contributed by atoms with Crippen molar-refractivity contribution in [2.24, 2.45) is 5.92 Å². The molecule has 0 atom stereocenters. The number of rotatable bonds is 6. The molecular weight excluding hydrogens is 276 g/mol. The highest BCUT2D eigenvalue weighted by molar-refractivity contribution is 5.78. The zero-order valence-electron chi connectivity index (χ0n) is 14.5. The molecular formula is C17H30N4O. The summed E-state index contributed by atoms with van der Waals surface area (Å²) in [7, 11) is 0. The second kappa shape index (κ2) is 7.77. The fourth-order valence-corrected chi connectivity index (χ4v) is 3.23. The van der Waals surface area contributed by atoms with Crippen LogP contribution in [-0.2, 0) is 11.3 Å². The van der Waals surface area contributed by atoms with Gasteiger partial charge in [0.2, 0.25) is 5.91 Å². The first-order valence-electron chi connectivity index (χ1n) is 8.57. The number of carbonyl (C=O) groups is 1. The lowest BCUT2D eigenvalue weighted by atomic mass is 10.0. The number of hydrogen-bond donors (Lipinski definition) is 0. The van der Waals surface area contributed by atoms with Gasteiger partial charge in [-0.1, -0.05) is 13.8 Å². The third-order valence-electron chi connectivity index (χ3n) is 4.75. The van der Waals surface area contributed by atoms with Gasteiger partial charge in [0.15, 0.2) is 0 Å². The van der Waals surface area contributed by atoms with E-state index in [0.29, 0.717) is 5.91 Å². The van der Waals surface area contributed by atoms with Crippen LogP contribution in [0, 0.1) is 19.8 Å². The predicted molar refractivity (Wildman–Crippen MR) is 88.8 cm³/mol. The van der Waals surface area contributed by atoms with Gasteiger partial charge in [0.05, 0.1) is 12.2 Å². The Hall–Kier alpha value is -1.36. The van der Waals surface area contributed by atoms with Gasteiger partial charge >= 0.3 is 0 Å². The Labute approximate surface area is 134 Å². The first kappa shape index (κ1) is 17.0. The average Bonchev–Trinajstić information content (AvgIpc) is 2.84. The van der Waals surface area contributed by atoms with Crippen molar-refractivity contribution in [2.45, 2.75) is 47.1 Å². The van der Waals surface area contributed by atoms with Crippen molar-refractivity contribution in [3.8, 4) is 0 Å². The molecule has 0 aromatic carbocycles. The van der Waals surface area contributed by atoms with Gasteiger partial charge in [0.25, 0.3) is 0 Å². The molecule has 1 aromatic rings. The Morgan fingerprint density at radius 1 is 1.14 bits per heavy atom. The van der Waals surface area contributed by atoms with Crippen molar-refractivity contribution < 1.29 is 4.79 Å². The maximum Gasteiger partial charge on any atom is 0.225 e. The molecule has 2 heterocycles. The molecule has 1 saturated heterocycles. The van der Waals surface area contributed by atoms with Crippen LogP contribution < -0.4 is 0 Å². The van der Waals surface area contributed by atoms with Crippen LogP contribution in [0.15, 0.2) is 6.07 Å².